The third-order valence-electron chi connectivity index (χ3n) is 3.56. The van der Waals surface area contributed by atoms with Gasteiger partial charge in [-0.25, -0.2) is 0 Å². The van der Waals surface area contributed by atoms with Crippen LogP contribution in [0.4, 0.5) is 0 Å². The zero-order chi connectivity index (χ0) is 14.4. The Morgan fingerprint density at radius 2 is 1.75 bits per heavy atom. The fourth-order valence-corrected chi connectivity index (χ4v) is 2.40. The van der Waals surface area contributed by atoms with Crippen LogP contribution in [0.1, 0.15) is 32.3 Å². The topological polar surface area (TPSA) is 21.3 Å². The number of aryl methyl sites for hydroxylation is 1. The van der Waals surface area contributed by atoms with Gasteiger partial charge in [-0.2, -0.15) is 0 Å². The van der Waals surface area contributed by atoms with E-state index in [1.165, 1.54) is 29.2 Å². The predicted octanol–water partition coefficient (Wildman–Crippen LogP) is 4.17. The Morgan fingerprint density at radius 3 is 2.50 bits per heavy atom. The third-order valence-corrected chi connectivity index (χ3v) is 3.56. The molecule has 0 amide bonds. The molecule has 0 aliphatic rings. The van der Waals surface area contributed by atoms with Crippen LogP contribution in [0.25, 0.3) is 10.8 Å². The van der Waals surface area contributed by atoms with Crippen LogP contribution in [0.3, 0.4) is 0 Å². The van der Waals surface area contributed by atoms with E-state index in [-0.39, 0.29) is 0 Å². The summed E-state index contributed by atoms with van der Waals surface area (Å²) < 4.78 is 5.26. The van der Waals surface area contributed by atoms with Gasteiger partial charge in [-0.3, -0.25) is 0 Å². The van der Waals surface area contributed by atoms with Crippen molar-refractivity contribution in [2.45, 2.75) is 39.2 Å². The summed E-state index contributed by atoms with van der Waals surface area (Å²) >= 11 is 0. The van der Waals surface area contributed by atoms with Gasteiger partial charge in [0.25, 0.3) is 0 Å². The molecule has 2 aromatic rings. The van der Waals surface area contributed by atoms with Crippen LogP contribution >= 0.6 is 0 Å². The highest BCUT2D eigenvalue weighted by molar-refractivity contribution is 5.84. The second kappa shape index (κ2) is 7.30. The van der Waals surface area contributed by atoms with Crippen LogP contribution in [0.5, 0.6) is 5.75 Å². The molecule has 0 fully saturated rings. The molecule has 2 heteroatoms. The molecule has 20 heavy (non-hydrogen) atoms. The van der Waals surface area contributed by atoms with Crippen LogP contribution in [-0.2, 0) is 6.42 Å². The van der Waals surface area contributed by atoms with Crippen LogP contribution in [0.2, 0.25) is 0 Å². The largest absolute Gasteiger partial charge is 0.497 e. The molecule has 0 aromatic heterocycles. The van der Waals surface area contributed by atoms with Crippen molar-refractivity contribution in [2.24, 2.45) is 0 Å². The minimum absolute atomic E-state index is 0.589. The minimum atomic E-state index is 0.589. The molecule has 0 spiro atoms. The van der Waals surface area contributed by atoms with Crippen molar-refractivity contribution in [3.8, 4) is 5.75 Å². The van der Waals surface area contributed by atoms with E-state index in [0.717, 1.165) is 18.7 Å². The Bertz CT molecular complexity index is 548. The lowest BCUT2D eigenvalue weighted by molar-refractivity contribution is 0.415. The zero-order valence-electron chi connectivity index (χ0n) is 12.8. The quantitative estimate of drug-likeness (QED) is 0.763. The number of hydrogen-bond donors (Lipinski definition) is 1. The van der Waals surface area contributed by atoms with Crippen molar-refractivity contribution in [3.63, 3.8) is 0 Å². The van der Waals surface area contributed by atoms with Gasteiger partial charge in [-0.1, -0.05) is 38.1 Å². The molecule has 0 aliphatic heterocycles. The first-order chi connectivity index (χ1) is 9.69. The van der Waals surface area contributed by atoms with Gasteiger partial charge in [0.05, 0.1) is 7.11 Å². The standard InChI is InChI=1S/C18H25NO/c1-14(2)19-11-5-4-6-15-7-8-17-13-18(20-3)10-9-16(17)12-15/h7-10,12-14,19H,4-6,11H2,1-3H3. The Kier molecular flexibility index (Phi) is 5.42. The molecule has 0 bridgehead atoms. The molecular weight excluding hydrogens is 246 g/mol. The second-order valence-electron chi connectivity index (χ2n) is 5.61. The highest BCUT2D eigenvalue weighted by atomic mass is 16.5. The Balaban J connectivity index is 1.91. The Hall–Kier alpha value is -1.54. The summed E-state index contributed by atoms with van der Waals surface area (Å²) in [7, 11) is 1.71. The van der Waals surface area contributed by atoms with Crippen molar-refractivity contribution in [1.82, 2.24) is 5.32 Å². The molecule has 0 saturated carbocycles. The number of unbranched alkanes of at least 4 members (excludes halogenated alkanes) is 1. The van der Waals surface area contributed by atoms with E-state index in [0.29, 0.717) is 6.04 Å². The maximum Gasteiger partial charge on any atom is 0.119 e. The second-order valence-corrected chi connectivity index (χ2v) is 5.61. The molecule has 0 aliphatic carbocycles. The monoisotopic (exact) mass is 271 g/mol. The van der Waals surface area contributed by atoms with Crippen molar-refractivity contribution in [1.29, 1.82) is 0 Å². The maximum atomic E-state index is 5.26. The predicted molar refractivity (Wildman–Crippen MR) is 86.6 cm³/mol. The maximum absolute atomic E-state index is 5.26. The van der Waals surface area contributed by atoms with E-state index in [4.69, 9.17) is 4.74 Å². The summed E-state index contributed by atoms with van der Waals surface area (Å²) in [4.78, 5) is 0. The molecule has 2 rings (SSSR count). The third kappa shape index (κ3) is 4.24. The van der Waals surface area contributed by atoms with Gasteiger partial charge in [0.2, 0.25) is 0 Å². The van der Waals surface area contributed by atoms with Crippen molar-refractivity contribution < 1.29 is 4.74 Å². The van der Waals surface area contributed by atoms with Gasteiger partial charge in [-0.05, 0) is 54.3 Å². The molecule has 0 heterocycles. The first-order valence-electron chi connectivity index (χ1n) is 7.49. The van der Waals surface area contributed by atoms with Crippen LogP contribution in [-0.4, -0.2) is 19.7 Å². The highest BCUT2D eigenvalue weighted by Gasteiger charge is 1.99. The summed E-state index contributed by atoms with van der Waals surface area (Å²) in [6, 6.07) is 13.6. The molecule has 0 radical (unpaired) electrons. The number of ether oxygens (including phenoxy) is 1. The molecule has 108 valence electrons. The minimum Gasteiger partial charge on any atom is -0.497 e. The van der Waals surface area contributed by atoms with Gasteiger partial charge in [0, 0.05) is 6.04 Å². The van der Waals surface area contributed by atoms with Gasteiger partial charge in [-0.15, -0.1) is 0 Å². The highest BCUT2D eigenvalue weighted by Crippen LogP contribution is 2.22. The van der Waals surface area contributed by atoms with Crippen LogP contribution in [0, 0.1) is 0 Å². The van der Waals surface area contributed by atoms with Crippen LogP contribution < -0.4 is 10.1 Å². The first kappa shape index (κ1) is 14.9. The molecule has 2 aromatic carbocycles. The van der Waals surface area contributed by atoms with Gasteiger partial charge in [0.15, 0.2) is 0 Å². The fourth-order valence-electron chi connectivity index (χ4n) is 2.40. The summed E-state index contributed by atoms with van der Waals surface area (Å²) in [5, 5.41) is 6.00. The summed E-state index contributed by atoms with van der Waals surface area (Å²) in [5.41, 5.74) is 1.42. The van der Waals surface area contributed by atoms with Gasteiger partial charge < -0.3 is 10.1 Å². The SMILES string of the molecule is COc1ccc2cc(CCCCNC(C)C)ccc2c1. The van der Waals surface area contributed by atoms with E-state index in [1.54, 1.807) is 7.11 Å². The van der Waals surface area contributed by atoms with E-state index in [1.807, 2.05) is 6.07 Å². The lowest BCUT2D eigenvalue weighted by Crippen LogP contribution is -2.23. The normalized spacial score (nSPS) is 11.2. The number of nitrogens with one attached hydrogen (secondary N) is 1. The van der Waals surface area contributed by atoms with E-state index in [9.17, 15) is 0 Å². The number of rotatable bonds is 7. The average Bonchev–Trinajstić information content (AvgIpc) is 2.46. The smallest absolute Gasteiger partial charge is 0.119 e. The summed E-state index contributed by atoms with van der Waals surface area (Å²) in [6.07, 6.45) is 3.63. The van der Waals surface area contributed by atoms with Gasteiger partial charge >= 0.3 is 0 Å². The zero-order valence-corrected chi connectivity index (χ0v) is 12.8. The Labute approximate surface area is 122 Å². The van der Waals surface area contributed by atoms with E-state index in [2.05, 4.69) is 49.5 Å². The van der Waals surface area contributed by atoms with E-state index >= 15 is 0 Å². The molecule has 0 saturated heterocycles. The van der Waals surface area contributed by atoms with Crippen molar-refractivity contribution >= 4 is 10.8 Å². The van der Waals surface area contributed by atoms with E-state index < -0.39 is 0 Å². The lowest BCUT2D eigenvalue weighted by atomic mass is 10.0. The number of benzene rings is 2. The number of hydrogen-bond acceptors (Lipinski definition) is 2. The number of fused-ring (bicyclic) bond motifs is 1. The van der Waals surface area contributed by atoms with Crippen molar-refractivity contribution in [3.05, 3.63) is 42.0 Å². The molecule has 0 atom stereocenters. The van der Waals surface area contributed by atoms with Gasteiger partial charge in [0.1, 0.15) is 5.75 Å². The molecule has 0 unspecified atom stereocenters. The molecular formula is C18H25NO. The molecule has 2 nitrogen and oxygen atoms in total. The van der Waals surface area contributed by atoms with Crippen LogP contribution in [0.15, 0.2) is 36.4 Å². The fraction of sp³-hybridized carbons (Fsp3) is 0.444. The number of methoxy groups -OCH3 is 1. The average molecular weight is 271 g/mol. The lowest BCUT2D eigenvalue weighted by Gasteiger charge is -2.08. The summed E-state index contributed by atoms with van der Waals surface area (Å²) in [5.74, 6) is 0.921. The Morgan fingerprint density at radius 1 is 1.00 bits per heavy atom. The summed E-state index contributed by atoms with van der Waals surface area (Å²) in [6.45, 7) is 5.50. The van der Waals surface area contributed by atoms with Crippen molar-refractivity contribution in [2.75, 3.05) is 13.7 Å². The molecule has 1 N–H and O–H groups in total. The first-order valence-corrected chi connectivity index (χ1v) is 7.49.